The number of carbonyl (C=O) groups excluding carboxylic acids is 1. The first kappa shape index (κ1) is 17.0. The summed E-state index contributed by atoms with van der Waals surface area (Å²) in [6.45, 7) is 2.24. The third kappa shape index (κ3) is 4.15. The zero-order valence-corrected chi connectivity index (χ0v) is 14.3. The van der Waals surface area contributed by atoms with E-state index >= 15 is 0 Å². The summed E-state index contributed by atoms with van der Waals surface area (Å²) in [6.07, 6.45) is 11.3. The molecule has 0 aromatic heterocycles. The fraction of sp³-hybridized carbons (Fsp3) is 0.476. The van der Waals surface area contributed by atoms with Crippen molar-refractivity contribution in [2.75, 3.05) is 6.61 Å². The summed E-state index contributed by atoms with van der Waals surface area (Å²) in [5.41, 5.74) is 2.07. The van der Waals surface area contributed by atoms with Gasteiger partial charge in [-0.05, 0) is 25.3 Å². The third-order valence-corrected chi connectivity index (χ3v) is 4.86. The first-order valence-corrected chi connectivity index (χ1v) is 9.03. The van der Waals surface area contributed by atoms with Crippen LogP contribution >= 0.6 is 0 Å². The second kappa shape index (κ2) is 8.29. The van der Waals surface area contributed by atoms with E-state index in [2.05, 4.69) is 36.4 Å². The van der Waals surface area contributed by atoms with Crippen LogP contribution in [0.15, 0.2) is 54.1 Å². The second-order valence-corrected chi connectivity index (χ2v) is 6.52. The number of esters is 1. The van der Waals surface area contributed by atoms with Crippen LogP contribution in [0.2, 0.25) is 0 Å². The molecule has 0 unspecified atom stereocenters. The van der Waals surface area contributed by atoms with Gasteiger partial charge in [0, 0.05) is 17.9 Å². The van der Waals surface area contributed by atoms with Gasteiger partial charge in [0.1, 0.15) is 0 Å². The van der Waals surface area contributed by atoms with Gasteiger partial charge in [-0.15, -0.1) is 0 Å². The smallest absolute Gasteiger partial charge is 0.334 e. The van der Waals surface area contributed by atoms with Gasteiger partial charge in [0.25, 0.3) is 0 Å². The molecule has 0 aliphatic heterocycles. The molecule has 0 spiro atoms. The van der Waals surface area contributed by atoms with Crippen molar-refractivity contribution in [3.8, 4) is 0 Å². The van der Waals surface area contributed by atoms with Crippen LogP contribution in [0.4, 0.5) is 0 Å². The largest absolute Gasteiger partial charge is 0.463 e. The van der Waals surface area contributed by atoms with Crippen LogP contribution in [0.25, 0.3) is 0 Å². The maximum atomic E-state index is 11.9. The Balaban J connectivity index is 1.65. The van der Waals surface area contributed by atoms with Gasteiger partial charge in [0.05, 0.1) is 18.8 Å². The van der Waals surface area contributed by atoms with E-state index in [4.69, 9.17) is 9.47 Å². The highest BCUT2D eigenvalue weighted by Crippen LogP contribution is 2.36. The van der Waals surface area contributed by atoms with Gasteiger partial charge in [-0.2, -0.15) is 0 Å². The Kier molecular flexibility index (Phi) is 5.86. The molecule has 0 heterocycles. The van der Waals surface area contributed by atoms with Gasteiger partial charge in [0.15, 0.2) is 0 Å². The summed E-state index contributed by atoms with van der Waals surface area (Å²) in [4.78, 5) is 11.9. The highest BCUT2D eigenvalue weighted by molar-refractivity contribution is 5.89. The van der Waals surface area contributed by atoms with Gasteiger partial charge < -0.3 is 9.47 Å². The number of allylic oxidation sites excluding steroid dienone is 2. The van der Waals surface area contributed by atoms with E-state index in [9.17, 15) is 4.79 Å². The summed E-state index contributed by atoms with van der Waals surface area (Å²) in [7, 11) is 0. The lowest BCUT2D eigenvalue weighted by Crippen LogP contribution is -2.31. The molecule has 1 aromatic carbocycles. The minimum Gasteiger partial charge on any atom is -0.463 e. The van der Waals surface area contributed by atoms with Crippen molar-refractivity contribution >= 4 is 5.97 Å². The predicted molar refractivity (Wildman–Crippen MR) is 94.8 cm³/mol. The van der Waals surface area contributed by atoms with Gasteiger partial charge >= 0.3 is 5.97 Å². The minimum atomic E-state index is -0.223. The number of benzene rings is 1. The Morgan fingerprint density at radius 3 is 2.75 bits per heavy atom. The highest BCUT2D eigenvalue weighted by Gasteiger charge is 2.30. The molecule has 3 atom stereocenters. The van der Waals surface area contributed by atoms with Crippen molar-refractivity contribution in [3.63, 3.8) is 0 Å². The van der Waals surface area contributed by atoms with Crippen molar-refractivity contribution in [1.29, 1.82) is 0 Å². The Bertz CT molecular complexity index is 603. The van der Waals surface area contributed by atoms with Gasteiger partial charge in [-0.3, -0.25) is 0 Å². The van der Waals surface area contributed by atoms with E-state index in [0.717, 1.165) is 6.42 Å². The molecule has 3 rings (SSSR count). The lowest BCUT2D eigenvalue weighted by atomic mass is 9.81. The highest BCUT2D eigenvalue weighted by atomic mass is 16.5. The third-order valence-electron chi connectivity index (χ3n) is 4.86. The maximum Gasteiger partial charge on any atom is 0.334 e. The number of ether oxygens (including phenoxy) is 2. The SMILES string of the molecule is CCOC(=O)C1=CC=C[C@H](O[C@@H]2CCCC[C@H]2c2ccccc2)C1. The summed E-state index contributed by atoms with van der Waals surface area (Å²) >= 11 is 0. The zero-order chi connectivity index (χ0) is 16.8. The molecule has 0 radical (unpaired) electrons. The lowest BCUT2D eigenvalue weighted by molar-refractivity contribution is -0.139. The molecule has 2 aliphatic rings. The molecular weight excluding hydrogens is 300 g/mol. The average molecular weight is 326 g/mol. The molecule has 0 saturated heterocycles. The number of hydrogen-bond acceptors (Lipinski definition) is 3. The number of hydrogen-bond donors (Lipinski definition) is 0. The summed E-state index contributed by atoms with van der Waals surface area (Å²) in [5.74, 6) is 0.226. The van der Waals surface area contributed by atoms with Gasteiger partial charge in [-0.25, -0.2) is 4.79 Å². The van der Waals surface area contributed by atoms with Crippen LogP contribution < -0.4 is 0 Å². The first-order valence-electron chi connectivity index (χ1n) is 9.03. The zero-order valence-electron chi connectivity index (χ0n) is 14.3. The monoisotopic (exact) mass is 326 g/mol. The summed E-state index contributed by atoms with van der Waals surface area (Å²) in [6, 6.07) is 10.7. The lowest BCUT2D eigenvalue weighted by Gasteiger charge is -2.34. The fourth-order valence-electron chi connectivity index (χ4n) is 3.68. The maximum absolute atomic E-state index is 11.9. The molecule has 3 heteroatoms. The van der Waals surface area contributed by atoms with E-state index in [1.54, 1.807) is 0 Å². The molecule has 2 aliphatic carbocycles. The van der Waals surface area contributed by atoms with E-state index in [-0.39, 0.29) is 18.2 Å². The fourth-order valence-corrected chi connectivity index (χ4v) is 3.68. The normalized spacial score (nSPS) is 26.7. The van der Waals surface area contributed by atoms with Gasteiger partial charge in [0.2, 0.25) is 0 Å². The van der Waals surface area contributed by atoms with Crippen molar-refractivity contribution < 1.29 is 14.3 Å². The van der Waals surface area contributed by atoms with Crippen LogP contribution in [0.3, 0.4) is 0 Å². The van der Waals surface area contributed by atoms with E-state index < -0.39 is 0 Å². The average Bonchev–Trinajstić information content (AvgIpc) is 2.63. The minimum absolute atomic E-state index is 0.0382. The molecule has 0 amide bonds. The van der Waals surface area contributed by atoms with E-state index in [0.29, 0.717) is 24.5 Å². The topological polar surface area (TPSA) is 35.5 Å². The first-order chi connectivity index (χ1) is 11.8. The van der Waals surface area contributed by atoms with Crippen molar-refractivity contribution in [1.82, 2.24) is 0 Å². The Morgan fingerprint density at radius 2 is 1.96 bits per heavy atom. The Hall–Kier alpha value is -1.87. The number of rotatable bonds is 5. The van der Waals surface area contributed by atoms with Crippen molar-refractivity contribution in [3.05, 3.63) is 59.7 Å². The summed E-state index contributed by atoms with van der Waals surface area (Å²) < 4.78 is 11.5. The van der Waals surface area contributed by atoms with Crippen LogP contribution in [0, 0.1) is 0 Å². The molecule has 0 bridgehead atoms. The summed E-state index contributed by atoms with van der Waals surface area (Å²) in [5, 5.41) is 0. The van der Waals surface area contributed by atoms with Crippen molar-refractivity contribution in [2.24, 2.45) is 0 Å². The second-order valence-electron chi connectivity index (χ2n) is 6.52. The Labute approximate surface area is 144 Å². The molecule has 0 N–H and O–H groups in total. The predicted octanol–water partition coefficient (Wildman–Crippen LogP) is 4.55. The van der Waals surface area contributed by atoms with E-state index in [1.165, 1.54) is 24.8 Å². The molecule has 128 valence electrons. The van der Waals surface area contributed by atoms with Crippen LogP contribution in [0.5, 0.6) is 0 Å². The van der Waals surface area contributed by atoms with Crippen molar-refractivity contribution in [2.45, 2.75) is 57.2 Å². The molecule has 1 saturated carbocycles. The molecule has 3 nitrogen and oxygen atoms in total. The van der Waals surface area contributed by atoms with Crippen LogP contribution in [0.1, 0.15) is 50.5 Å². The standard InChI is InChI=1S/C21H26O3/c1-2-23-21(22)17-11-8-12-18(15-17)24-20-14-7-6-13-19(20)16-9-4-3-5-10-16/h3-5,8-12,18-20H,2,6-7,13-15H2,1H3/t18-,19-,20+/m0/s1. The molecular formula is C21H26O3. The van der Waals surface area contributed by atoms with Crippen LogP contribution in [-0.2, 0) is 14.3 Å². The molecule has 1 aromatic rings. The molecule has 1 fully saturated rings. The van der Waals surface area contributed by atoms with Gasteiger partial charge in [-0.1, -0.05) is 61.4 Å². The Morgan fingerprint density at radius 1 is 1.17 bits per heavy atom. The van der Waals surface area contributed by atoms with Crippen LogP contribution in [-0.4, -0.2) is 24.8 Å². The van der Waals surface area contributed by atoms with E-state index in [1.807, 2.05) is 19.1 Å². The number of carbonyl (C=O) groups is 1. The molecule has 24 heavy (non-hydrogen) atoms. The quantitative estimate of drug-likeness (QED) is 0.745.